The van der Waals surface area contributed by atoms with Crippen LogP contribution >= 0.6 is 12.4 Å². The summed E-state index contributed by atoms with van der Waals surface area (Å²) in [5.74, 6) is 1.93. The third-order valence-electron chi connectivity index (χ3n) is 4.75. The Labute approximate surface area is 181 Å². The number of methoxy groups -OCH3 is 2. The molecule has 0 spiro atoms. The molecular formula is C21H26ClN3O5. The van der Waals surface area contributed by atoms with Gasteiger partial charge in [0.1, 0.15) is 11.5 Å². The summed E-state index contributed by atoms with van der Waals surface area (Å²) in [6, 6.07) is 10.3. The molecule has 2 amide bonds. The number of ether oxygens (including phenoxy) is 3. The first-order valence-electron chi connectivity index (χ1n) is 9.31. The molecule has 1 unspecified atom stereocenters. The summed E-state index contributed by atoms with van der Waals surface area (Å²) in [6.07, 6.45) is 0.428. The molecule has 9 heteroatoms. The Bertz CT molecular complexity index is 906. The summed E-state index contributed by atoms with van der Waals surface area (Å²) >= 11 is 0. The number of amides is 2. The second kappa shape index (κ2) is 10.7. The first-order chi connectivity index (χ1) is 14.0. The molecule has 0 saturated carbocycles. The van der Waals surface area contributed by atoms with Crippen molar-refractivity contribution in [3.63, 3.8) is 0 Å². The summed E-state index contributed by atoms with van der Waals surface area (Å²) in [5, 5.41) is 5.62. The summed E-state index contributed by atoms with van der Waals surface area (Å²) in [6.45, 7) is 1.36. The highest BCUT2D eigenvalue weighted by Crippen LogP contribution is 2.34. The maximum atomic E-state index is 12.5. The number of hydrogen-bond acceptors (Lipinski definition) is 6. The molecule has 162 valence electrons. The zero-order valence-electron chi connectivity index (χ0n) is 16.9. The van der Waals surface area contributed by atoms with Crippen molar-refractivity contribution < 1.29 is 23.8 Å². The van der Waals surface area contributed by atoms with Gasteiger partial charge in [-0.25, -0.2) is 0 Å². The van der Waals surface area contributed by atoms with Crippen molar-refractivity contribution in [1.29, 1.82) is 0 Å². The molecule has 8 nitrogen and oxygen atoms in total. The molecule has 0 aliphatic carbocycles. The third kappa shape index (κ3) is 5.55. The topological polar surface area (TPSA) is 112 Å². The molecule has 0 bridgehead atoms. The molecule has 1 fully saturated rings. The number of nitrogens with two attached hydrogens (primary N) is 1. The van der Waals surface area contributed by atoms with Gasteiger partial charge in [0.05, 0.1) is 14.2 Å². The summed E-state index contributed by atoms with van der Waals surface area (Å²) in [7, 11) is 3.10. The lowest BCUT2D eigenvalue weighted by molar-refractivity contribution is -0.119. The number of carbonyl (C=O) groups excluding carboxylic acids is 2. The Morgan fingerprint density at radius 2 is 1.90 bits per heavy atom. The minimum atomic E-state index is -0.243. The van der Waals surface area contributed by atoms with Crippen LogP contribution in [-0.2, 0) is 11.3 Å². The minimum Gasteiger partial charge on any atom is -0.496 e. The van der Waals surface area contributed by atoms with E-state index in [1.165, 1.54) is 7.11 Å². The van der Waals surface area contributed by atoms with Crippen LogP contribution in [0.3, 0.4) is 0 Å². The quantitative estimate of drug-likeness (QED) is 0.586. The van der Waals surface area contributed by atoms with Crippen LogP contribution in [0.15, 0.2) is 36.4 Å². The average molecular weight is 436 g/mol. The zero-order chi connectivity index (χ0) is 20.8. The highest BCUT2D eigenvalue weighted by Gasteiger charge is 2.22. The first-order valence-corrected chi connectivity index (χ1v) is 9.31. The molecule has 1 saturated heterocycles. The number of nitrogens with one attached hydrogen (secondary N) is 2. The van der Waals surface area contributed by atoms with Crippen LogP contribution in [0.25, 0.3) is 0 Å². The van der Waals surface area contributed by atoms with E-state index in [0.717, 1.165) is 5.56 Å². The van der Waals surface area contributed by atoms with Crippen LogP contribution in [0.2, 0.25) is 0 Å². The van der Waals surface area contributed by atoms with Crippen molar-refractivity contribution in [2.24, 2.45) is 11.7 Å². The Morgan fingerprint density at radius 1 is 1.13 bits per heavy atom. The minimum absolute atomic E-state index is 0. The maximum absolute atomic E-state index is 12.5. The van der Waals surface area contributed by atoms with Gasteiger partial charge in [-0.1, -0.05) is 6.07 Å². The van der Waals surface area contributed by atoms with Gasteiger partial charge in [0, 0.05) is 49.2 Å². The zero-order valence-corrected chi connectivity index (χ0v) is 17.7. The van der Waals surface area contributed by atoms with Crippen molar-refractivity contribution in [2.45, 2.75) is 13.0 Å². The van der Waals surface area contributed by atoms with Crippen LogP contribution in [0.1, 0.15) is 22.3 Å². The Balaban J connectivity index is 0.00000320. The smallest absolute Gasteiger partial charge is 0.251 e. The van der Waals surface area contributed by atoms with Gasteiger partial charge < -0.3 is 30.6 Å². The predicted octanol–water partition coefficient (Wildman–Crippen LogP) is 2.24. The summed E-state index contributed by atoms with van der Waals surface area (Å²) in [5.41, 5.74) is 7.00. The van der Waals surface area contributed by atoms with Crippen LogP contribution in [0.5, 0.6) is 23.0 Å². The van der Waals surface area contributed by atoms with Crippen LogP contribution < -0.4 is 30.6 Å². The van der Waals surface area contributed by atoms with Crippen molar-refractivity contribution in [3.8, 4) is 23.0 Å². The van der Waals surface area contributed by atoms with Crippen molar-refractivity contribution >= 4 is 24.2 Å². The van der Waals surface area contributed by atoms with Gasteiger partial charge in [0.15, 0.2) is 11.5 Å². The molecular weight excluding hydrogens is 410 g/mol. The normalized spacial score (nSPS) is 15.0. The molecule has 30 heavy (non-hydrogen) atoms. The molecule has 1 aliphatic heterocycles. The molecule has 3 rings (SSSR count). The van der Waals surface area contributed by atoms with Gasteiger partial charge in [0.2, 0.25) is 5.91 Å². The van der Waals surface area contributed by atoms with Gasteiger partial charge in [0.25, 0.3) is 5.91 Å². The van der Waals surface area contributed by atoms with E-state index in [2.05, 4.69) is 10.6 Å². The summed E-state index contributed by atoms with van der Waals surface area (Å²) in [4.78, 5) is 23.8. The molecule has 1 atom stereocenters. The van der Waals surface area contributed by atoms with E-state index in [0.29, 0.717) is 54.6 Å². The molecule has 0 radical (unpaired) electrons. The largest absolute Gasteiger partial charge is 0.496 e. The molecule has 1 aliphatic rings. The monoisotopic (exact) mass is 435 g/mol. The lowest BCUT2D eigenvalue weighted by atomic mass is 10.1. The van der Waals surface area contributed by atoms with E-state index < -0.39 is 0 Å². The van der Waals surface area contributed by atoms with Gasteiger partial charge in [-0.2, -0.15) is 0 Å². The number of hydrogen-bond donors (Lipinski definition) is 3. The van der Waals surface area contributed by atoms with Crippen LogP contribution in [-0.4, -0.2) is 39.1 Å². The van der Waals surface area contributed by atoms with E-state index in [1.54, 1.807) is 37.4 Å². The van der Waals surface area contributed by atoms with Crippen molar-refractivity contribution in [3.05, 3.63) is 47.5 Å². The van der Waals surface area contributed by atoms with Gasteiger partial charge >= 0.3 is 0 Å². The van der Waals surface area contributed by atoms with Gasteiger partial charge in [-0.05, 0) is 24.3 Å². The van der Waals surface area contributed by atoms with Crippen molar-refractivity contribution in [1.82, 2.24) is 10.6 Å². The van der Waals surface area contributed by atoms with Gasteiger partial charge in [-0.3, -0.25) is 9.59 Å². The van der Waals surface area contributed by atoms with Crippen molar-refractivity contribution in [2.75, 3.05) is 27.3 Å². The predicted molar refractivity (Wildman–Crippen MR) is 115 cm³/mol. The maximum Gasteiger partial charge on any atom is 0.251 e. The third-order valence-corrected chi connectivity index (χ3v) is 4.75. The number of halogens is 1. The van der Waals surface area contributed by atoms with E-state index in [1.807, 2.05) is 6.07 Å². The molecule has 4 N–H and O–H groups in total. The fraction of sp³-hybridized carbons (Fsp3) is 0.333. The van der Waals surface area contributed by atoms with Crippen LogP contribution in [0.4, 0.5) is 0 Å². The summed E-state index contributed by atoms with van der Waals surface area (Å²) < 4.78 is 16.6. The molecule has 2 aromatic rings. The highest BCUT2D eigenvalue weighted by atomic mass is 35.5. The number of rotatable bonds is 8. The Morgan fingerprint density at radius 3 is 2.53 bits per heavy atom. The van der Waals surface area contributed by atoms with E-state index in [-0.39, 0.29) is 30.1 Å². The first kappa shape index (κ1) is 23.3. The van der Waals surface area contributed by atoms with E-state index in [4.69, 9.17) is 19.9 Å². The molecule has 2 aromatic carbocycles. The van der Waals surface area contributed by atoms with E-state index >= 15 is 0 Å². The molecule has 1 heterocycles. The fourth-order valence-electron chi connectivity index (χ4n) is 3.13. The average Bonchev–Trinajstić information content (AvgIpc) is 3.17. The second-order valence-electron chi connectivity index (χ2n) is 6.73. The lowest BCUT2D eigenvalue weighted by Crippen LogP contribution is -2.30. The number of carbonyl (C=O) groups is 2. The Hall–Kier alpha value is -2.97. The molecule has 0 aromatic heterocycles. The number of benzene rings is 2. The Kier molecular flexibility index (Phi) is 8.32. The SMILES string of the molecule is COc1cc(Oc2cc(C(=O)NCC3CNC(=O)C3)ccc2OC)ccc1CN.Cl. The second-order valence-corrected chi connectivity index (χ2v) is 6.73. The highest BCUT2D eigenvalue weighted by molar-refractivity contribution is 5.95. The lowest BCUT2D eigenvalue weighted by Gasteiger charge is -2.14. The fourth-order valence-corrected chi connectivity index (χ4v) is 3.13. The standard InChI is InChI=1S/C21H25N3O5.ClH/c1-27-17-6-4-14(21(26)24-12-13-7-20(25)23-11-13)8-19(17)29-16-5-3-15(10-22)18(9-16)28-2;/h3-6,8-9,13H,7,10-12,22H2,1-2H3,(H,23,25)(H,24,26);1H. The van der Waals surface area contributed by atoms with Gasteiger partial charge in [-0.15, -0.1) is 12.4 Å². The van der Waals surface area contributed by atoms with Crippen LogP contribution in [0, 0.1) is 5.92 Å². The van der Waals surface area contributed by atoms with E-state index in [9.17, 15) is 9.59 Å².